The van der Waals surface area contributed by atoms with Gasteiger partial charge in [-0.2, -0.15) is 0 Å². The molecule has 0 heterocycles. The fourth-order valence-electron chi connectivity index (χ4n) is 5.74. The van der Waals surface area contributed by atoms with Crippen LogP contribution in [0, 0.1) is 22.7 Å². The molecule has 0 aromatic heterocycles. The molecule has 1 saturated carbocycles. The summed E-state index contributed by atoms with van der Waals surface area (Å²) >= 11 is 0. The molecule has 0 aromatic carbocycles. The Hall–Kier alpha value is 0.137. The molecule has 1 fully saturated rings. The molecular formula is C21H44O2Si. The Labute approximate surface area is 153 Å². The van der Waals surface area contributed by atoms with Crippen LogP contribution in [0.15, 0.2) is 0 Å². The number of hydrogen-bond donors (Lipinski definition) is 0. The van der Waals surface area contributed by atoms with Crippen LogP contribution in [0.4, 0.5) is 0 Å². The first-order chi connectivity index (χ1) is 10.7. The Balaban J connectivity index is 3.63. The highest BCUT2D eigenvalue weighted by Crippen LogP contribution is 2.72. The van der Waals surface area contributed by atoms with Gasteiger partial charge in [-0.1, -0.05) is 75.7 Å². The minimum absolute atomic E-state index is 0.0319. The van der Waals surface area contributed by atoms with Gasteiger partial charge in [0.05, 0.1) is 0 Å². The van der Waals surface area contributed by atoms with Crippen molar-refractivity contribution in [2.24, 2.45) is 22.7 Å². The molecule has 144 valence electrons. The lowest BCUT2D eigenvalue weighted by Crippen LogP contribution is -2.67. The summed E-state index contributed by atoms with van der Waals surface area (Å²) in [5.74, 6) is 1.15. The zero-order chi connectivity index (χ0) is 19.2. The second kappa shape index (κ2) is 6.70. The lowest BCUT2D eigenvalue weighted by atomic mass is 9.54. The lowest BCUT2D eigenvalue weighted by Gasteiger charge is -2.65. The van der Waals surface area contributed by atoms with E-state index in [1.165, 1.54) is 19.3 Å². The first-order valence-electron chi connectivity index (χ1n) is 9.79. The maximum Gasteiger partial charge on any atom is 0.350 e. The predicted molar refractivity (Wildman–Crippen MR) is 108 cm³/mol. The third kappa shape index (κ3) is 2.73. The van der Waals surface area contributed by atoms with Gasteiger partial charge >= 0.3 is 8.56 Å². The molecule has 3 heteroatoms. The zero-order valence-electron chi connectivity index (χ0n) is 18.6. The van der Waals surface area contributed by atoms with Crippen molar-refractivity contribution in [2.45, 2.75) is 98.6 Å². The van der Waals surface area contributed by atoms with Gasteiger partial charge in [0.15, 0.2) is 0 Å². The van der Waals surface area contributed by atoms with Crippen molar-refractivity contribution in [1.29, 1.82) is 0 Å². The summed E-state index contributed by atoms with van der Waals surface area (Å²) in [7, 11) is 1.28. The molecule has 0 amide bonds. The summed E-state index contributed by atoms with van der Waals surface area (Å²) in [4.78, 5) is 0. The first-order valence-corrected chi connectivity index (χ1v) is 11.6. The van der Waals surface area contributed by atoms with E-state index in [1.807, 2.05) is 14.2 Å². The van der Waals surface area contributed by atoms with E-state index in [2.05, 4.69) is 69.2 Å². The van der Waals surface area contributed by atoms with E-state index in [1.54, 1.807) is 0 Å². The Morgan fingerprint density at radius 1 is 0.875 bits per heavy atom. The van der Waals surface area contributed by atoms with Crippen molar-refractivity contribution in [2.75, 3.05) is 14.2 Å². The van der Waals surface area contributed by atoms with Crippen molar-refractivity contribution >= 4 is 8.56 Å². The number of hydrogen-bond acceptors (Lipinski definition) is 2. The molecule has 0 N–H and O–H groups in total. The topological polar surface area (TPSA) is 18.5 Å². The van der Waals surface area contributed by atoms with E-state index in [-0.39, 0.29) is 20.9 Å². The fraction of sp³-hybridized carbons (Fsp3) is 1.00. The summed E-state index contributed by atoms with van der Waals surface area (Å²) in [5, 5.41) is 0.0992. The molecule has 0 radical (unpaired) electrons. The molecule has 2 atom stereocenters. The fourth-order valence-corrected chi connectivity index (χ4v) is 11.9. The molecule has 0 aromatic rings. The average Bonchev–Trinajstić information content (AvgIpc) is 2.45. The zero-order valence-corrected chi connectivity index (χ0v) is 19.6. The van der Waals surface area contributed by atoms with E-state index >= 15 is 0 Å². The van der Waals surface area contributed by atoms with Gasteiger partial charge in [-0.25, -0.2) is 0 Å². The van der Waals surface area contributed by atoms with Crippen molar-refractivity contribution in [3.05, 3.63) is 0 Å². The smallest absolute Gasteiger partial charge is 0.350 e. The van der Waals surface area contributed by atoms with Gasteiger partial charge in [0.1, 0.15) is 0 Å². The highest BCUT2D eigenvalue weighted by molar-refractivity contribution is 6.74. The summed E-state index contributed by atoms with van der Waals surface area (Å²) in [6, 6.07) is 0. The molecule has 2 nitrogen and oxygen atoms in total. The van der Waals surface area contributed by atoms with Gasteiger partial charge in [0.2, 0.25) is 0 Å². The molecule has 1 rings (SSSR count). The predicted octanol–water partition coefficient (Wildman–Crippen LogP) is 6.79. The monoisotopic (exact) mass is 356 g/mol. The molecule has 0 saturated heterocycles. The van der Waals surface area contributed by atoms with Crippen LogP contribution in [0.25, 0.3) is 0 Å². The van der Waals surface area contributed by atoms with Crippen LogP contribution in [-0.4, -0.2) is 22.8 Å². The summed E-state index contributed by atoms with van der Waals surface area (Å²) in [5.41, 5.74) is 0.441. The van der Waals surface area contributed by atoms with Crippen LogP contribution >= 0.6 is 0 Å². The summed E-state index contributed by atoms with van der Waals surface area (Å²) < 4.78 is 13.0. The highest BCUT2D eigenvalue weighted by atomic mass is 28.4. The van der Waals surface area contributed by atoms with E-state index in [9.17, 15) is 0 Å². The molecule has 0 spiro atoms. The van der Waals surface area contributed by atoms with Gasteiger partial charge in [-0.05, 0) is 35.5 Å². The van der Waals surface area contributed by atoms with Gasteiger partial charge in [0, 0.05) is 24.3 Å². The van der Waals surface area contributed by atoms with Crippen molar-refractivity contribution < 1.29 is 8.85 Å². The summed E-state index contributed by atoms with van der Waals surface area (Å²) in [6.07, 6.45) is 3.75. The van der Waals surface area contributed by atoms with Gasteiger partial charge in [0.25, 0.3) is 0 Å². The minimum atomic E-state index is -2.54. The number of rotatable bonds is 6. The van der Waals surface area contributed by atoms with Gasteiger partial charge in [-0.15, -0.1) is 0 Å². The second-order valence-electron chi connectivity index (χ2n) is 10.5. The van der Waals surface area contributed by atoms with Gasteiger partial charge in [-0.3, -0.25) is 0 Å². The van der Waals surface area contributed by atoms with Crippen LogP contribution in [0.2, 0.25) is 10.1 Å². The first kappa shape index (κ1) is 22.2. The Kier molecular flexibility index (Phi) is 6.19. The van der Waals surface area contributed by atoms with E-state index in [0.717, 1.165) is 0 Å². The van der Waals surface area contributed by atoms with Crippen molar-refractivity contribution in [1.82, 2.24) is 0 Å². The highest BCUT2D eigenvalue weighted by Gasteiger charge is 2.71. The van der Waals surface area contributed by atoms with Crippen molar-refractivity contribution in [3.8, 4) is 0 Å². The second-order valence-corrected chi connectivity index (χ2v) is 14.9. The standard InChI is InChI=1S/C21H44O2Si/c1-16(2)17(3)19(6,7)24(22-11,23-12)21(10)15-13-14-18(4,5)20(21,8)9/h16-17H,13-15H2,1-12H3. The maximum atomic E-state index is 6.51. The van der Waals surface area contributed by atoms with E-state index in [4.69, 9.17) is 8.85 Å². The SMILES string of the molecule is CO[Si](OC)(C(C)(C)C(C)C(C)C)C1(C)CCCC(C)(C)C1(C)C. The summed E-state index contributed by atoms with van der Waals surface area (Å²) in [6.45, 7) is 24.1. The largest absolute Gasteiger partial charge is 0.397 e. The maximum absolute atomic E-state index is 6.51. The van der Waals surface area contributed by atoms with Crippen molar-refractivity contribution in [3.63, 3.8) is 0 Å². The lowest BCUT2D eigenvalue weighted by molar-refractivity contribution is -0.0256. The Morgan fingerprint density at radius 3 is 1.71 bits per heavy atom. The molecule has 1 aliphatic carbocycles. The normalized spacial score (nSPS) is 28.9. The van der Waals surface area contributed by atoms with Crippen LogP contribution in [-0.2, 0) is 8.85 Å². The minimum Gasteiger partial charge on any atom is -0.397 e. The molecule has 24 heavy (non-hydrogen) atoms. The third-order valence-corrected chi connectivity index (χ3v) is 14.5. The van der Waals surface area contributed by atoms with E-state index < -0.39 is 8.56 Å². The Morgan fingerprint density at radius 2 is 1.33 bits per heavy atom. The van der Waals surface area contributed by atoms with Crippen LogP contribution in [0.1, 0.15) is 88.5 Å². The van der Waals surface area contributed by atoms with Crippen LogP contribution < -0.4 is 0 Å². The third-order valence-electron chi connectivity index (χ3n) is 8.84. The molecule has 1 aliphatic rings. The average molecular weight is 357 g/mol. The van der Waals surface area contributed by atoms with E-state index in [0.29, 0.717) is 11.8 Å². The molecule has 0 bridgehead atoms. The molecular weight excluding hydrogens is 312 g/mol. The molecule has 0 aliphatic heterocycles. The quantitative estimate of drug-likeness (QED) is 0.488. The Bertz CT molecular complexity index is 435. The molecule has 2 unspecified atom stereocenters. The van der Waals surface area contributed by atoms with Crippen LogP contribution in [0.3, 0.4) is 0 Å². The van der Waals surface area contributed by atoms with Gasteiger partial charge < -0.3 is 8.85 Å². The van der Waals surface area contributed by atoms with Crippen LogP contribution in [0.5, 0.6) is 0 Å².